The van der Waals surface area contributed by atoms with Crippen LogP contribution >= 0.6 is 0 Å². The lowest BCUT2D eigenvalue weighted by Crippen LogP contribution is -2.33. The number of aromatic nitrogens is 1. The molecule has 1 aromatic carbocycles. The number of para-hydroxylation sites is 1. The summed E-state index contributed by atoms with van der Waals surface area (Å²) < 4.78 is 4.98. The molecule has 0 saturated carbocycles. The molecule has 0 radical (unpaired) electrons. The van der Waals surface area contributed by atoms with E-state index in [2.05, 4.69) is 16.4 Å². The van der Waals surface area contributed by atoms with E-state index < -0.39 is 5.60 Å². The molecule has 1 atom stereocenters. The fraction of sp³-hybridized carbons (Fsp3) is 0.471. The molecule has 0 spiro atoms. The molecule has 114 valence electrons. The van der Waals surface area contributed by atoms with Gasteiger partial charge in [-0.3, -0.25) is 4.98 Å². The third kappa shape index (κ3) is 5.08. The van der Waals surface area contributed by atoms with Crippen LogP contribution in [0.3, 0.4) is 0 Å². The predicted octanol–water partition coefficient (Wildman–Crippen LogP) is 2.15. The number of aliphatic hydroxyl groups is 1. The summed E-state index contributed by atoms with van der Waals surface area (Å²) in [5, 5.41) is 14.9. The molecule has 2 N–H and O–H groups in total. The van der Waals surface area contributed by atoms with Gasteiger partial charge in [-0.25, -0.2) is 0 Å². The number of benzene rings is 1. The van der Waals surface area contributed by atoms with Gasteiger partial charge in [-0.1, -0.05) is 24.3 Å². The van der Waals surface area contributed by atoms with Crippen molar-refractivity contribution in [2.45, 2.75) is 25.4 Å². The Morgan fingerprint density at radius 2 is 2.00 bits per heavy atom. The highest BCUT2D eigenvalue weighted by atomic mass is 16.5. The average molecular weight is 288 g/mol. The zero-order chi connectivity index (χ0) is 15.1. The van der Waals surface area contributed by atoms with Gasteiger partial charge in [0.25, 0.3) is 0 Å². The first-order valence-corrected chi connectivity index (χ1v) is 7.37. The van der Waals surface area contributed by atoms with Gasteiger partial charge in [0.15, 0.2) is 0 Å². The number of nitrogens with zero attached hydrogens (tertiary/aromatic N) is 1. The van der Waals surface area contributed by atoms with E-state index in [-0.39, 0.29) is 0 Å². The van der Waals surface area contributed by atoms with E-state index >= 15 is 0 Å². The van der Waals surface area contributed by atoms with E-state index in [1.165, 1.54) is 0 Å². The first-order valence-electron chi connectivity index (χ1n) is 7.37. The molecule has 0 aliphatic heterocycles. The summed E-state index contributed by atoms with van der Waals surface area (Å²) in [5.74, 6) is 0. The van der Waals surface area contributed by atoms with E-state index in [4.69, 9.17) is 4.74 Å². The SMILES string of the molecule is COCCNCCC(C)(O)Cc1ccc2ccccc2n1. The Balaban J connectivity index is 1.91. The maximum absolute atomic E-state index is 10.5. The minimum atomic E-state index is -0.754. The van der Waals surface area contributed by atoms with Crippen molar-refractivity contribution in [2.75, 3.05) is 26.8 Å². The first-order chi connectivity index (χ1) is 10.1. The molecule has 1 unspecified atom stereocenters. The van der Waals surface area contributed by atoms with Crippen LogP contribution in [0.4, 0.5) is 0 Å². The second-order valence-electron chi connectivity index (χ2n) is 5.66. The summed E-state index contributed by atoms with van der Waals surface area (Å²) in [6.45, 7) is 4.13. The van der Waals surface area contributed by atoms with E-state index in [0.717, 1.165) is 29.7 Å². The number of methoxy groups -OCH3 is 1. The minimum Gasteiger partial charge on any atom is -0.390 e. The van der Waals surface area contributed by atoms with Gasteiger partial charge in [0, 0.05) is 31.2 Å². The zero-order valence-corrected chi connectivity index (χ0v) is 12.8. The fourth-order valence-electron chi connectivity index (χ4n) is 2.34. The molecule has 0 aliphatic carbocycles. The summed E-state index contributed by atoms with van der Waals surface area (Å²) in [6.07, 6.45) is 1.25. The Kier molecular flexibility index (Phi) is 5.67. The van der Waals surface area contributed by atoms with E-state index in [0.29, 0.717) is 19.4 Å². The van der Waals surface area contributed by atoms with Crippen molar-refractivity contribution in [3.8, 4) is 0 Å². The lowest BCUT2D eigenvalue weighted by molar-refractivity contribution is 0.0501. The maximum Gasteiger partial charge on any atom is 0.0705 e. The topological polar surface area (TPSA) is 54.4 Å². The molecule has 4 nitrogen and oxygen atoms in total. The highest BCUT2D eigenvalue weighted by molar-refractivity contribution is 5.78. The second kappa shape index (κ2) is 7.50. The van der Waals surface area contributed by atoms with Gasteiger partial charge in [0.2, 0.25) is 0 Å². The number of ether oxygens (including phenoxy) is 1. The average Bonchev–Trinajstić information content (AvgIpc) is 2.46. The Morgan fingerprint density at radius 1 is 1.19 bits per heavy atom. The molecule has 0 aliphatic rings. The quantitative estimate of drug-likeness (QED) is 0.731. The van der Waals surface area contributed by atoms with Crippen LogP contribution in [0, 0.1) is 0 Å². The van der Waals surface area contributed by atoms with Crippen molar-refractivity contribution >= 4 is 10.9 Å². The van der Waals surface area contributed by atoms with Crippen LogP contribution in [0.15, 0.2) is 36.4 Å². The van der Waals surface area contributed by atoms with Crippen LogP contribution in [0.2, 0.25) is 0 Å². The number of nitrogens with one attached hydrogen (secondary N) is 1. The summed E-state index contributed by atoms with van der Waals surface area (Å²) in [4.78, 5) is 4.62. The normalized spacial score (nSPS) is 14.2. The van der Waals surface area contributed by atoms with E-state index in [9.17, 15) is 5.11 Å². The molecule has 21 heavy (non-hydrogen) atoms. The van der Waals surface area contributed by atoms with Crippen molar-refractivity contribution in [1.82, 2.24) is 10.3 Å². The lowest BCUT2D eigenvalue weighted by atomic mass is 9.95. The summed E-state index contributed by atoms with van der Waals surface area (Å²) in [7, 11) is 1.68. The highest BCUT2D eigenvalue weighted by Gasteiger charge is 2.21. The molecule has 0 bridgehead atoms. The second-order valence-corrected chi connectivity index (χ2v) is 5.66. The Bertz CT molecular complexity index is 569. The molecule has 2 rings (SSSR count). The van der Waals surface area contributed by atoms with Gasteiger partial charge < -0.3 is 15.2 Å². The van der Waals surface area contributed by atoms with Crippen molar-refractivity contribution in [3.63, 3.8) is 0 Å². The largest absolute Gasteiger partial charge is 0.390 e. The zero-order valence-electron chi connectivity index (χ0n) is 12.8. The van der Waals surface area contributed by atoms with Gasteiger partial charge >= 0.3 is 0 Å². The van der Waals surface area contributed by atoms with Crippen molar-refractivity contribution in [1.29, 1.82) is 0 Å². The minimum absolute atomic E-state index is 0.559. The van der Waals surface area contributed by atoms with Gasteiger partial charge in [-0.05, 0) is 32.0 Å². The van der Waals surface area contributed by atoms with Crippen molar-refractivity contribution in [3.05, 3.63) is 42.1 Å². The number of hydrogen-bond donors (Lipinski definition) is 2. The third-order valence-electron chi connectivity index (χ3n) is 3.54. The Labute approximate surface area is 126 Å². The standard InChI is InChI=1S/C17H24N2O2/c1-17(20,9-10-18-11-12-21-2)13-15-8-7-14-5-3-4-6-16(14)19-15/h3-8,18,20H,9-13H2,1-2H3. The number of fused-ring (bicyclic) bond motifs is 1. The van der Waals surface area contributed by atoms with Crippen LogP contribution < -0.4 is 5.32 Å². The first kappa shape index (κ1) is 15.9. The molecular formula is C17H24N2O2. The molecule has 4 heteroatoms. The van der Waals surface area contributed by atoms with Crippen molar-refractivity contribution < 1.29 is 9.84 Å². The van der Waals surface area contributed by atoms with Crippen LogP contribution in [0.5, 0.6) is 0 Å². The number of hydrogen-bond acceptors (Lipinski definition) is 4. The van der Waals surface area contributed by atoms with E-state index in [1.54, 1.807) is 7.11 Å². The molecular weight excluding hydrogens is 264 g/mol. The van der Waals surface area contributed by atoms with Crippen LogP contribution in [-0.4, -0.2) is 42.5 Å². The molecule has 0 amide bonds. The maximum atomic E-state index is 10.5. The monoisotopic (exact) mass is 288 g/mol. The van der Waals surface area contributed by atoms with Gasteiger partial charge in [0.05, 0.1) is 17.7 Å². The van der Waals surface area contributed by atoms with Gasteiger partial charge in [-0.15, -0.1) is 0 Å². The Hall–Kier alpha value is -1.49. The van der Waals surface area contributed by atoms with Gasteiger partial charge in [-0.2, -0.15) is 0 Å². The summed E-state index contributed by atoms with van der Waals surface area (Å²) in [6, 6.07) is 12.1. The molecule has 1 aromatic heterocycles. The number of rotatable bonds is 8. The van der Waals surface area contributed by atoms with Crippen LogP contribution in [0.25, 0.3) is 10.9 Å². The van der Waals surface area contributed by atoms with Gasteiger partial charge in [0.1, 0.15) is 0 Å². The molecule has 2 aromatic rings. The molecule has 0 saturated heterocycles. The van der Waals surface area contributed by atoms with Crippen LogP contribution in [0.1, 0.15) is 19.0 Å². The Morgan fingerprint density at radius 3 is 2.81 bits per heavy atom. The highest BCUT2D eigenvalue weighted by Crippen LogP contribution is 2.18. The van der Waals surface area contributed by atoms with Crippen LogP contribution in [-0.2, 0) is 11.2 Å². The molecule has 0 fully saturated rings. The molecule has 1 heterocycles. The van der Waals surface area contributed by atoms with Crippen molar-refractivity contribution in [2.24, 2.45) is 0 Å². The summed E-state index contributed by atoms with van der Waals surface area (Å²) >= 11 is 0. The fourth-order valence-corrected chi connectivity index (χ4v) is 2.34. The summed E-state index contributed by atoms with van der Waals surface area (Å²) in [5.41, 5.74) is 1.15. The lowest BCUT2D eigenvalue weighted by Gasteiger charge is -2.23. The predicted molar refractivity (Wildman–Crippen MR) is 85.4 cm³/mol. The number of pyridine rings is 1. The third-order valence-corrected chi connectivity index (χ3v) is 3.54. The van der Waals surface area contributed by atoms with E-state index in [1.807, 2.05) is 37.3 Å². The smallest absolute Gasteiger partial charge is 0.0705 e.